The molecule has 0 N–H and O–H groups in total. The van der Waals surface area contributed by atoms with Crippen LogP contribution in [-0.2, 0) is 0 Å². The second-order valence-electron chi connectivity index (χ2n) is 5.00. The van der Waals surface area contributed by atoms with Crippen LogP contribution in [0.25, 0.3) is 0 Å². The lowest BCUT2D eigenvalue weighted by molar-refractivity contribution is 0.135. The van der Waals surface area contributed by atoms with Crippen LogP contribution >= 0.6 is 0 Å². The van der Waals surface area contributed by atoms with Crippen LogP contribution in [0.15, 0.2) is 0 Å². The molecule has 1 saturated heterocycles. The van der Waals surface area contributed by atoms with Crippen molar-refractivity contribution in [3.63, 3.8) is 0 Å². The Hall–Kier alpha value is -0.0400. The Morgan fingerprint density at radius 1 is 1.00 bits per heavy atom. The van der Waals surface area contributed by atoms with Gasteiger partial charge in [0.1, 0.15) is 0 Å². The maximum atomic E-state index is 2.78. The third-order valence-electron chi connectivity index (χ3n) is 3.52. The van der Waals surface area contributed by atoms with Crippen molar-refractivity contribution in [2.45, 2.75) is 84.3 Å². The highest BCUT2D eigenvalue weighted by molar-refractivity contribution is 4.88. The van der Waals surface area contributed by atoms with Crippen molar-refractivity contribution in [2.75, 3.05) is 0 Å². The summed E-state index contributed by atoms with van der Waals surface area (Å²) in [5.74, 6) is 0. The quantitative estimate of drug-likeness (QED) is 0.647. The standard InChI is InChI=1S/C13H27N/c1-5-7-12-9-10-13(8-6-2)14(12)11(3)4/h11-13H,5-10H2,1-4H3/t12-,13+. The molecule has 1 rings (SSSR count). The minimum absolute atomic E-state index is 0.741. The third kappa shape index (κ3) is 2.73. The molecule has 0 amide bonds. The van der Waals surface area contributed by atoms with E-state index < -0.39 is 0 Å². The summed E-state index contributed by atoms with van der Waals surface area (Å²) in [7, 11) is 0. The van der Waals surface area contributed by atoms with E-state index in [9.17, 15) is 0 Å². The highest BCUT2D eigenvalue weighted by atomic mass is 15.2. The first kappa shape index (κ1) is 12.0. The molecule has 0 aromatic carbocycles. The first-order valence-electron chi connectivity index (χ1n) is 6.48. The maximum Gasteiger partial charge on any atom is 0.0101 e. The van der Waals surface area contributed by atoms with Gasteiger partial charge in [0.25, 0.3) is 0 Å². The number of nitrogens with zero attached hydrogens (tertiary/aromatic N) is 1. The largest absolute Gasteiger partial charge is 0.295 e. The molecule has 1 heteroatoms. The second kappa shape index (κ2) is 5.75. The van der Waals surface area contributed by atoms with Gasteiger partial charge in [0.15, 0.2) is 0 Å². The van der Waals surface area contributed by atoms with Crippen molar-refractivity contribution in [3.05, 3.63) is 0 Å². The van der Waals surface area contributed by atoms with Crippen molar-refractivity contribution in [3.8, 4) is 0 Å². The van der Waals surface area contributed by atoms with Crippen molar-refractivity contribution in [2.24, 2.45) is 0 Å². The Bertz CT molecular complexity index is 139. The molecule has 1 fully saturated rings. The minimum Gasteiger partial charge on any atom is -0.295 e. The summed E-state index contributed by atoms with van der Waals surface area (Å²) in [5, 5.41) is 0. The van der Waals surface area contributed by atoms with Crippen molar-refractivity contribution < 1.29 is 0 Å². The zero-order valence-electron chi connectivity index (χ0n) is 10.4. The molecule has 0 aromatic heterocycles. The molecule has 0 spiro atoms. The molecule has 1 heterocycles. The summed E-state index contributed by atoms with van der Waals surface area (Å²) in [4.78, 5) is 2.78. The SMILES string of the molecule is CCC[C@@H]1CC[C@H](CCC)N1C(C)C. The molecular weight excluding hydrogens is 170 g/mol. The molecule has 1 aliphatic heterocycles. The molecule has 0 unspecified atom stereocenters. The Labute approximate surface area is 89.9 Å². The van der Waals surface area contributed by atoms with E-state index in [1.54, 1.807) is 0 Å². The maximum absolute atomic E-state index is 2.78. The third-order valence-corrected chi connectivity index (χ3v) is 3.52. The van der Waals surface area contributed by atoms with Gasteiger partial charge in [0, 0.05) is 18.1 Å². The highest BCUT2D eigenvalue weighted by Crippen LogP contribution is 2.31. The van der Waals surface area contributed by atoms with Crippen LogP contribution in [0, 0.1) is 0 Å². The van der Waals surface area contributed by atoms with Crippen LogP contribution in [0.4, 0.5) is 0 Å². The van der Waals surface area contributed by atoms with Gasteiger partial charge in [-0.2, -0.15) is 0 Å². The zero-order valence-corrected chi connectivity index (χ0v) is 10.4. The average Bonchev–Trinajstić information content (AvgIpc) is 2.49. The van der Waals surface area contributed by atoms with Gasteiger partial charge in [-0.15, -0.1) is 0 Å². The molecular formula is C13H27N. The fraction of sp³-hybridized carbons (Fsp3) is 1.00. The van der Waals surface area contributed by atoms with Crippen LogP contribution in [-0.4, -0.2) is 23.0 Å². The van der Waals surface area contributed by atoms with Crippen LogP contribution in [0.5, 0.6) is 0 Å². The monoisotopic (exact) mass is 197 g/mol. The number of rotatable bonds is 5. The van der Waals surface area contributed by atoms with E-state index in [1.165, 1.54) is 38.5 Å². The average molecular weight is 197 g/mol. The van der Waals surface area contributed by atoms with Gasteiger partial charge in [-0.1, -0.05) is 26.7 Å². The summed E-state index contributed by atoms with van der Waals surface area (Å²) in [6.07, 6.45) is 8.36. The van der Waals surface area contributed by atoms with Crippen LogP contribution in [0.3, 0.4) is 0 Å². The van der Waals surface area contributed by atoms with Gasteiger partial charge in [0.05, 0.1) is 0 Å². The van der Waals surface area contributed by atoms with E-state index in [0.717, 1.165) is 18.1 Å². The lowest BCUT2D eigenvalue weighted by Crippen LogP contribution is -2.41. The van der Waals surface area contributed by atoms with Gasteiger partial charge in [-0.25, -0.2) is 0 Å². The Morgan fingerprint density at radius 2 is 1.43 bits per heavy atom. The number of hydrogen-bond donors (Lipinski definition) is 0. The predicted molar refractivity (Wildman–Crippen MR) is 63.6 cm³/mol. The zero-order chi connectivity index (χ0) is 10.6. The smallest absolute Gasteiger partial charge is 0.0101 e. The van der Waals surface area contributed by atoms with Crippen molar-refractivity contribution in [1.82, 2.24) is 4.90 Å². The molecule has 84 valence electrons. The van der Waals surface area contributed by atoms with E-state index in [2.05, 4.69) is 32.6 Å². The molecule has 0 radical (unpaired) electrons. The molecule has 2 atom stereocenters. The number of likely N-dealkylation sites (tertiary alicyclic amines) is 1. The van der Waals surface area contributed by atoms with Crippen molar-refractivity contribution >= 4 is 0 Å². The summed E-state index contributed by atoms with van der Waals surface area (Å²) in [6, 6.07) is 2.51. The Balaban J connectivity index is 2.54. The lowest BCUT2D eigenvalue weighted by atomic mass is 10.1. The molecule has 0 aromatic rings. The minimum atomic E-state index is 0.741. The normalized spacial score (nSPS) is 28.9. The fourth-order valence-electron chi connectivity index (χ4n) is 3.08. The van der Waals surface area contributed by atoms with Crippen LogP contribution in [0.2, 0.25) is 0 Å². The Kier molecular flexibility index (Phi) is 4.94. The van der Waals surface area contributed by atoms with E-state index in [0.29, 0.717) is 0 Å². The van der Waals surface area contributed by atoms with E-state index in [-0.39, 0.29) is 0 Å². The van der Waals surface area contributed by atoms with E-state index >= 15 is 0 Å². The lowest BCUT2D eigenvalue weighted by Gasteiger charge is -2.33. The molecule has 1 nitrogen and oxygen atoms in total. The highest BCUT2D eigenvalue weighted by Gasteiger charge is 2.33. The summed E-state index contributed by atoms with van der Waals surface area (Å²) in [5.41, 5.74) is 0. The molecule has 14 heavy (non-hydrogen) atoms. The van der Waals surface area contributed by atoms with Crippen LogP contribution < -0.4 is 0 Å². The van der Waals surface area contributed by atoms with E-state index in [1.807, 2.05) is 0 Å². The number of hydrogen-bond acceptors (Lipinski definition) is 1. The first-order chi connectivity index (χ1) is 6.70. The molecule has 0 aliphatic carbocycles. The predicted octanol–water partition coefficient (Wildman–Crippen LogP) is 3.83. The Morgan fingerprint density at radius 3 is 1.71 bits per heavy atom. The van der Waals surface area contributed by atoms with E-state index in [4.69, 9.17) is 0 Å². The van der Waals surface area contributed by atoms with Gasteiger partial charge in [-0.3, -0.25) is 4.90 Å². The molecule has 0 saturated carbocycles. The summed E-state index contributed by atoms with van der Waals surface area (Å²) >= 11 is 0. The summed E-state index contributed by atoms with van der Waals surface area (Å²) in [6.45, 7) is 9.34. The fourth-order valence-corrected chi connectivity index (χ4v) is 3.08. The van der Waals surface area contributed by atoms with Crippen molar-refractivity contribution in [1.29, 1.82) is 0 Å². The molecule has 0 bridgehead atoms. The van der Waals surface area contributed by atoms with Gasteiger partial charge >= 0.3 is 0 Å². The topological polar surface area (TPSA) is 3.24 Å². The first-order valence-corrected chi connectivity index (χ1v) is 6.48. The second-order valence-corrected chi connectivity index (χ2v) is 5.00. The van der Waals surface area contributed by atoms with Crippen LogP contribution in [0.1, 0.15) is 66.2 Å². The summed E-state index contributed by atoms with van der Waals surface area (Å²) < 4.78 is 0. The van der Waals surface area contributed by atoms with Gasteiger partial charge in [-0.05, 0) is 39.5 Å². The molecule has 1 aliphatic rings. The van der Waals surface area contributed by atoms with Gasteiger partial charge < -0.3 is 0 Å². The van der Waals surface area contributed by atoms with Gasteiger partial charge in [0.2, 0.25) is 0 Å².